The summed E-state index contributed by atoms with van der Waals surface area (Å²) < 4.78 is 0. The van der Waals surface area contributed by atoms with Gasteiger partial charge < -0.3 is 20.4 Å². The third kappa shape index (κ3) is 5.25. The Morgan fingerprint density at radius 3 is 2.39 bits per heavy atom. The van der Waals surface area contributed by atoms with Crippen molar-refractivity contribution in [2.75, 3.05) is 29.4 Å². The van der Waals surface area contributed by atoms with Gasteiger partial charge >= 0.3 is 6.03 Å². The minimum absolute atomic E-state index is 0.189. The normalized spacial score (nSPS) is 15.3. The lowest BCUT2D eigenvalue weighted by Crippen LogP contribution is -2.34. The van der Waals surface area contributed by atoms with Crippen LogP contribution in [0, 0.1) is 0 Å². The number of fused-ring (bicyclic) bond motifs is 1. The van der Waals surface area contributed by atoms with Gasteiger partial charge in [-0.15, -0.1) is 0 Å². The van der Waals surface area contributed by atoms with Crippen molar-refractivity contribution in [1.29, 1.82) is 0 Å². The molecule has 7 heteroatoms. The lowest BCUT2D eigenvalue weighted by molar-refractivity contribution is 0.240. The number of anilines is 2. The number of aromatic nitrogens is 2. The van der Waals surface area contributed by atoms with Crippen LogP contribution in [0.15, 0.2) is 60.9 Å². The first-order valence-electron chi connectivity index (χ1n) is 11.7. The zero-order valence-electron chi connectivity index (χ0n) is 18.8. The molecular weight excluding hydrogens is 412 g/mol. The third-order valence-electron chi connectivity index (χ3n) is 6.41. The smallest absolute Gasteiger partial charge is 0.315 e. The van der Waals surface area contributed by atoms with Crippen molar-refractivity contribution in [3.63, 3.8) is 0 Å². The number of hydrogen-bond acceptors (Lipinski definition) is 5. The van der Waals surface area contributed by atoms with E-state index in [2.05, 4.69) is 60.7 Å². The van der Waals surface area contributed by atoms with Gasteiger partial charge in [0.05, 0.1) is 0 Å². The molecule has 1 fully saturated rings. The van der Waals surface area contributed by atoms with E-state index in [0.717, 1.165) is 55.4 Å². The van der Waals surface area contributed by atoms with Gasteiger partial charge in [-0.05, 0) is 59.7 Å². The molecule has 0 unspecified atom stereocenters. The van der Waals surface area contributed by atoms with E-state index in [1.165, 1.54) is 24.0 Å². The van der Waals surface area contributed by atoms with Gasteiger partial charge in [-0.2, -0.15) is 0 Å². The Kier molecular flexibility index (Phi) is 6.37. The van der Waals surface area contributed by atoms with Crippen molar-refractivity contribution in [1.82, 2.24) is 20.6 Å². The molecule has 4 heterocycles. The minimum atomic E-state index is -0.189. The Morgan fingerprint density at radius 1 is 0.818 bits per heavy atom. The van der Waals surface area contributed by atoms with Crippen molar-refractivity contribution in [3.8, 4) is 0 Å². The van der Waals surface area contributed by atoms with E-state index in [9.17, 15) is 4.79 Å². The Bertz CT molecular complexity index is 1090. The van der Waals surface area contributed by atoms with Crippen LogP contribution in [0.4, 0.5) is 16.4 Å². The monoisotopic (exact) mass is 442 g/mol. The summed E-state index contributed by atoms with van der Waals surface area (Å²) in [6.07, 6.45) is 7.14. The molecule has 2 amide bonds. The van der Waals surface area contributed by atoms with Gasteiger partial charge in [0.2, 0.25) is 0 Å². The standard InChI is InChI=1S/C26H30N6O/c33-26(29-16-20-9-11-27-25(15-20)31-12-3-4-13-31)30-18-21-7-8-24(28-17-21)32-14-10-22-5-1-2-6-23(22)19-32/h1-2,5-9,11,15,17H,3-4,10,12-14,16,18-19H2,(H2,29,30,33). The van der Waals surface area contributed by atoms with Crippen molar-refractivity contribution >= 4 is 17.7 Å². The zero-order chi connectivity index (χ0) is 22.5. The van der Waals surface area contributed by atoms with Crippen LogP contribution in [0.2, 0.25) is 0 Å². The first kappa shape index (κ1) is 21.2. The highest BCUT2D eigenvalue weighted by Crippen LogP contribution is 2.23. The fraction of sp³-hybridized carbons (Fsp3) is 0.346. The number of urea groups is 1. The highest BCUT2D eigenvalue weighted by molar-refractivity contribution is 5.73. The highest BCUT2D eigenvalue weighted by Gasteiger charge is 2.17. The highest BCUT2D eigenvalue weighted by atomic mass is 16.2. The molecule has 2 aliphatic rings. The van der Waals surface area contributed by atoms with Crippen molar-refractivity contribution < 1.29 is 4.79 Å². The van der Waals surface area contributed by atoms with Crippen LogP contribution < -0.4 is 20.4 Å². The average Bonchev–Trinajstić information content (AvgIpc) is 3.42. The summed E-state index contributed by atoms with van der Waals surface area (Å²) in [4.78, 5) is 26.0. The second kappa shape index (κ2) is 9.90. The molecule has 1 saturated heterocycles. The van der Waals surface area contributed by atoms with Gasteiger partial charge in [-0.1, -0.05) is 30.3 Å². The molecule has 7 nitrogen and oxygen atoms in total. The molecule has 0 aliphatic carbocycles. The number of nitrogens with one attached hydrogen (secondary N) is 2. The van der Waals surface area contributed by atoms with Crippen molar-refractivity contribution in [2.45, 2.75) is 38.9 Å². The second-order valence-electron chi connectivity index (χ2n) is 8.72. The third-order valence-corrected chi connectivity index (χ3v) is 6.41. The van der Waals surface area contributed by atoms with E-state index in [1.807, 2.05) is 30.6 Å². The van der Waals surface area contributed by atoms with Crippen molar-refractivity contribution in [3.05, 3.63) is 83.2 Å². The van der Waals surface area contributed by atoms with Crippen LogP contribution in [0.25, 0.3) is 0 Å². The summed E-state index contributed by atoms with van der Waals surface area (Å²) in [7, 11) is 0. The maximum atomic E-state index is 12.3. The van der Waals surface area contributed by atoms with Crippen LogP contribution >= 0.6 is 0 Å². The van der Waals surface area contributed by atoms with Crippen LogP contribution in [-0.4, -0.2) is 35.6 Å². The summed E-state index contributed by atoms with van der Waals surface area (Å²) in [5, 5.41) is 5.86. The molecule has 2 aromatic heterocycles. The predicted octanol–water partition coefficient (Wildman–Crippen LogP) is 3.64. The number of carbonyl (C=O) groups is 1. The molecule has 2 N–H and O–H groups in total. The molecule has 0 saturated carbocycles. The summed E-state index contributed by atoms with van der Waals surface area (Å²) in [5.74, 6) is 1.97. The van der Waals surface area contributed by atoms with E-state index in [4.69, 9.17) is 0 Å². The molecule has 0 atom stereocenters. The minimum Gasteiger partial charge on any atom is -0.357 e. The first-order valence-corrected chi connectivity index (χ1v) is 11.7. The molecule has 0 spiro atoms. The molecule has 3 aromatic rings. The molecule has 33 heavy (non-hydrogen) atoms. The largest absolute Gasteiger partial charge is 0.357 e. The number of nitrogens with zero attached hydrogens (tertiary/aromatic N) is 4. The van der Waals surface area contributed by atoms with E-state index < -0.39 is 0 Å². The molecule has 2 aliphatic heterocycles. The second-order valence-corrected chi connectivity index (χ2v) is 8.72. The average molecular weight is 443 g/mol. The SMILES string of the molecule is O=C(NCc1ccc(N2CCc3ccccc3C2)nc1)NCc1ccnc(N2CCCC2)c1. The lowest BCUT2D eigenvalue weighted by atomic mass is 10.00. The summed E-state index contributed by atoms with van der Waals surface area (Å²) in [6, 6.07) is 16.5. The Hall–Kier alpha value is -3.61. The van der Waals surface area contributed by atoms with Gasteiger partial charge in [0, 0.05) is 51.7 Å². The Morgan fingerprint density at radius 2 is 1.61 bits per heavy atom. The molecule has 1 aromatic carbocycles. The van der Waals surface area contributed by atoms with E-state index in [-0.39, 0.29) is 6.03 Å². The maximum Gasteiger partial charge on any atom is 0.315 e. The molecule has 0 radical (unpaired) electrons. The first-order chi connectivity index (χ1) is 16.2. The number of carbonyl (C=O) groups excluding carboxylic acids is 1. The number of benzene rings is 1. The maximum absolute atomic E-state index is 12.3. The molecule has 0 bridgehead atoms. The summed E-state index contributed by atoms with van der Waals surface area (Å²) in [5.41, 5.74) is 4.83. The molecular formula is C26H30N6O. The molecule has 5 rings (SSSR count). The van der Waals surface area contributed by atoms with Gasteiger partial charge in [0.1, 0.15) is 11.6 Å². The number of rotatable bonds is 6. The lowest BCUT2D eigenvalue weighted by Gasteiger charge is -2.29. The molecule has 170 valence electrons. The quantitative estimate of drug-likeness (QED) is 0.610. The van der Waals surface area contributed by atoms with E-state index >= 15 is 0 Å². The number of hydrogen-bond donors (Lipinski definition) is 2. The van der Waals surface area contributed by atoms with Crippen LogP contribution in [0.3, 0.4) is 0 Å². The Labute approximate surface area is 194 Å². The predicted molar refractivity (Wildman–Crippen MR) is 130 cm³/mol. The van der Waals surface area contributed by atoms with Gasteiger partial charge in [-0.3, -0.25) is 0 Å². The number of pyridine rings is 2. The van der Waals surface area contributed by atoms with Crippen LogP contribution in [-0.2, 0) is 26.1 Å². The Balaban J connectivity index is 1.09. The number of amides is 2. The van der Waals surface area contributed by atoms with Gasteiger partial charge in [0.15, 0.2) is 0 Å². The fourth-order valence-electron chi connectivity index (χ4n) is 4.52. The van der Waals surface area contributed by atoms with Gasteiger partial charge in [-0.25, -0.2) is 14.8 Å². The summed E-state index contributed by atoms with van der Waals surface area (Å²) in [6.45, 7) is 4.89. The van der Waals surface area contributed by atoms with Crippen LogP contribution in [0.5, 0.6) is 0 Å². The van der Waals surface area contributed by atoms with Gasteiger partial charge in [0.25, 0.3) is 0 Å². The van der Waals surface area contributed by atoms with E-state index in [1.54, 1.807) is 0 Å². The summed E-state index contributed by atoms with van der Waals surface area (Å²) >= 11 is 0. The van der Waals surface area contributed by atoms with Crippen LogP contribution in [0.1, 0.15) is 35.1 Å². The topological polar surface area (TPSA) is 73.4 Å². The van der Waals surface area contributed by atoms with E-state index in [0.29, 0.717) is 13.1 Å². The fourth-order valence-corrected chi connectivity index (χ4v) is 4.52. The van der Waals surface area contributed by atoms with Crippen molar-refractivity contribution in [2.24, 2.45) is 0 Å². The zero-order valence-corrected chi connectivity index (χ0v) is 18.8.